The molecule has 1 fully saturated rings. The van der Waals surface area contributed by atoms with Gasteiger partial charge in [-0.05, 0) is 59.7 Å². The lowest BCUT2D eigenvalue weighted by Crippen LogP contribution is -2.54. The molecule has 102 valence electrons. The molecule has 0 aromatic carbocycles. The van der Waals surface area contributed by atoms with Gasteiger partial charge < -0.3 is 10.6 Å². The predicted octanol–water partition coefficient (Wildman–Crippen LogP) is 4.02. The lowest BCUT2D eigenvalue weighted by atomic mass is 9.70. The quantitative estimate of drug-likeness (QED) is 0.906. The number of hydrogen-bond donors (Lipinski definition) is 1. The summed E-state index contributed by atoms with van der Waals surface area (Å²) >= 11 is 5.36. The second kappa shape index (κ2) is 5.61. The Morgan fingerprint density at radius 2 is 2.22 bits per heavy atom. The molecule has 3 unspecified atom stereocenters. The smallest absolute Gasteiger partial charge is 0.0501 e. The van der Waals surface area contributed by atoms with Gasteiger partial charge in [-0.1, -0.05) is 19.8 Å². The van der Waals surface area contributed by atoms with Crippen LogP contribution in [0, 0.1) is 5.92 Å². The standard InChI is InChI=1S/C14H23BrN2S/c1-10-5-4-6-14(7-10,17(2)3)13(16)11-8-18-9-12(11)15/h8-10,13H,4-7,16H2,1-3H3. The summed E-state index contributed by atoms with van der Waals surface area (Å²) in [6.07, 6.45) is 5.03. The van der Waals surface area contributed by atoms with Gasteiger partial charge in [0, 0.05) is 15.4 Å². The SMILES string of the molecule is CC1CCCC(C(N)c2cscc2Br)(N(C)C)C1. The Kier molecular flexibility index (Phi) is 4.52. The largest absolute Gasteiger partial charge is 0.322 e. The molecule has 1 aliphatic rings. The fourth-order valence-corrected chi connectivity index (χ4v) is 4.91. The Labute approximate surface area is 123 Å². The van der Waals surface area contributed by atoms with E-state index in [-0.39, 0.29) is 11.6 Å². The molecule has 0 aliphatic heterocycles. The van der Waals surface area contributed by atoms with E-state index >= 15 is 0 Å². The molecule has 0 bridgehead atoms. The van der Waals surface area contributed by atoms with Crippen molar-refractivity contribution in [3.63, 3.8) is 0 Å². The number of likely N-dealkylation sites (N-methyl/N-ethyl adjacent to an activating group) is 1. The first-order valence-electron chi connectivity index (χ1n) is 6.62. The first-order chi connectivity index (χ1) is 8.47. The van der Waals surface area contributed by atoms with Gasteiger partial charge in [0.1, 0.15) is 0 Å². The Hall–Kier alpha value is 0.1000. The van der Waals surface area contributed by atoms with Crippen molar-refractivity contribution in [3.8, 4) is 0 Å². The zero-order valence-corrected chi connectivity index (χ0v) is 13.9. The minimum absolute atomic E-state index is 0.0934. The van der Waals surface area contributed by atoms with Crippen LogP contribution in [0.4, 0.5) is 0 Å². The van der Waals surface area contributed by atoms with E-state index in [0.717, 1.165) is 5.92 Å². The van der Waals surface area contributed by atoms with Crippen molar-refractivity contribution in [2.45, 2.75) is 44.2 Å². The first kappa shape index (κ1) is 14.5. The highest BCUT2D eigenvalue weighted by atomic mass is 79.9. The first-order valence-corrected chi connectivity index (χ1v) is 8.35. The van der Waals surface area contributed by atoms with Gasteiger partial charge in [-0.25, -0.2) is 0 Å². The van der Waals surface area contributed by atoms with Crippen LogP contribution in [0.1, 0.15) is 44.2 Å². The Morgan fingerprint density at radius 3 is 2.72 bits per heavy atom. The maximum absolute atomic E-state index is 6.65. The summed E-state index contributed by atoms with van der Waals surface area (Å²) < 4.78 is 1.17. The van der Waals surface area contributed by atoms with E-state index in [9.17, 15) is 0 Å². The zero-order chi connectivity index (χ0) is 13.3. The number of nitrogens with zero attached hydrogens (tertiary/aromatic N) is 1. The van der Waals surface area contributed by atoms with E-state index in [2.05, 4.69) is 52.6 Å². The Balaban J connectivity index is 2.33. The molecular weight excluding hydrogens is 308 g/mol. The van der Waals surface area contributed by atoms with Crippen molar-refractivity contribution in [1.82, 2.24) is 4.90 Å². The fourth-order valence-electron chi connectivity index (χ4n) is 3.33. The van der Waals surface area contributed by atoms with E-state index in [0.29, 0.717) is 0 Å². The molecule has 1 saturated carbocycles. The van der Waals surface area contributed by atoms with Crippen molar-refractivity contribution < 1.29 is 0 Å². The molecule has 0 radical (unpaired) electrons. The molecule has 2 N–H and O–H groups in total. The molecule has 0 saturated heterocycles. The van der Waals surface area contributed by atoms with Crippen molar-refractivity contribution in [1.29, 1.82) is 0 Å². The van der Waals surface area contributed by atoms with Gasteiger partial charge >= 0.3 is 0 Å². The Bertz CT molecular complexity index is 404. The predicted molar refractivity (Wildman–Crippen MR) is 83.0 cm³/mol. The van der Waals surface area contributed by atoms with E-state index in [1.807, 2.05) is 0 Å². The third-order valence-corrected chi connectivity index (χ3v) is 6.21. The molecule has 4 heteroatoms. The van der Waals surface area contributed by atoms with Gasteiger partial charge in [0.25, 0.3) is 0 Å². The average Bonchev–Trinajstić information content (AvgIpc) is 2.74. The van der Waals surface area contributed by atoms with Crippen molar-refractivity contribution in [3.05, 3.63) is 20.8 Å². The van der Waals surface area contributed by atoms with Gasteiger partial charge in [-0.15, -0.1) is 0 Å². The average molecular weight is 331 g/mol. The monoisotopic (exact) mass is 330 g/mol. The topological polar surface area (TPSA) is 29.3 Å². The van der Waals surface area contributed by atoms with Crippen LogP contribution in [0.15, 0.2) is 15.2 Å². The van der Waals surface area contributed by atoms with Gasteiger partial charge in [0.05, 0.1) is 6.04 Å². The second-order valence-electron chi connectivity index (χ2n) is 5.85. The summed E-state index contributed by atoms with van der Waals surface area (Å²) in [5.41, 5.74) is 8.03. The summed E-state index contributed by atoms with van der Waals surface area (Å²) in [7, 11) is 4.36. The van der Waals surface area contributed by atoms with Crippen LogP contribution in [0.3, 0.4) is 0 Å². The number of thiophene rings is 1. The maximum atomic E-state index is 6.65. The van der Waals surface area contributed by atoms with Gasteiger partial charge in [0.2, 0.25) is 0 Å². The molecule has 1 aromatic heterocycles. The molecule has 1 heterocycles. The van der Waals surface area contributed by atoms with Crippen LogP contribution in [-0.2, 0) is 0 Å². The van der Waals surface area contributed by atoms with Crippen molar-refractivity contribution in [2.24, 2.45) is 11.7 Å². The lowest BCUT2D eigenvalue weighted by molar-refractivity contribution is 0.0499. The normalized spacial score (nSPS) is 30.7. The highest BCUT2D eigenvalue weighted by Gasteiger charge is 2.43. The lowest BCUT2D eigenvalue weighted by Gasteiger charge is -2.49. The van der Waals surface area contributed by atoms with Gasteiger partial charge in [-0.3, -0.25) is 0 Å². The van der Waals surface area contributed by atoms with E-state index in [1.54, 1.807) is 11.3 Å². The van der Waals surface area contributed by atoms with Crippen LogP contribution in [0.2, 0.25) is 0 Å². The molecule has 3 atom stereocenters. The van der Waals surface area contributed by atoms with Gasteiger partial charge in [0.15, 0.2) is 0 Å². The molecule has 1 aliphatic carbocycles. The van der Waals surface area contributed by atoms with Gasteiger partial charge in [-0.2, -0.15) is 11.3 Å². The van der Waals surface area contributed by atoms with E-state index in [1.165, 1.54) is 35.7 Å². The molecule has 0 spiro atoms. The summed E-state index contributed by atoms with van der Waals surface area (Å²) in [6, 6.07) is 0.0934. The molecule has 2 nitrogen and oxygen atoms in total. The van der Waals surface area contributed by atoms with Crippen LogP contribution >= 0.6 is 27.3 Å². The third kappa shape index (κ3) is 2.53. The fraction of sp³-hybridized carbons (Fsp3) is 0.714. The second-order valence-corrected chi connectivity index (χ2v) is 7.45. The number of nitrogens with two attached hydrogens (primary N) is 1. The van der Waals surface area contributed by atoms with Crippen LogP contribution in [0.5, 0.6) is 0 Å². The highest BCUT2D eigenvalue weighted by molar-refractivity contribution is 9.10. The highest BCUT2D eigenvalue weighted by Crippen LogP contribution is 2.44. The van der Waals surface area contributed by atoms with Crippen molar-refractivity contribution >= 4 is 27.3 Å². The third-order valence-electron chi connectivity index (χ3n) is 4.46. The number of halogens is 1. The maximum Gasteiger partial charge on any atom is 0.0501 e. The molecule has 0 amide bonds. The number of rotatable bonds is 3. The minimum atomic E-state index is 0.0934. The van der Waals surface area contributed by atoms with Crippen LogP contribution in [-0.4, -0.2) is 24.5 Å². The zero-order valence-electron chi connectivity index (χ0n) is 11.4. The molecule has 18 heavy (non-hydrogen) atoms. The summed E-state index contributed by atoms with van der Waals surface area (Å²) in [6.45, 7) is 2.35. The summed E-state index contributed by atoms with van der Waals surface area (Å²) in [4.78, 5) is 2.36. The van der Waals surface area contributed by atoms with Crippen molar-refractivity contribution in [2.75, 3.05) is 14.1 Å². The van der Waals surface area contributed by atoms with E-state index < -0.39 is 0 Å². The molecular formula is C14H23BrN2S. The van der Waals surface area contributed by atoms with Crippen LogP contribution in [0.25, 0.3) is 0 Å². The summed E-state index contributed by atoms with van der Waals surface area (Å²) in [5, 5.41) is 4.32. The summed E-state index contributed by atoms with van der Waals surface area (Å²) in [5.74, 6) is 0.768. The van der Waals surface area contributed by atoms with E-state index in [4.69, 9.17) is 5.73 Å². The molecule has 2 rings (SSSR count). The minimum Gasteiger partial charge on any atom is -0.322 e. The molecule has 1 aromatic rings. The number of hydrogen-bond acceptors (Lipinski definition) is 3. The Morgan fingerprint density at radius 1 is 1.50 bits per heavy atom. The van der Waals surface area contributed by atoms with Crippen LogP contribution < -0.4 is 5.73 Å².